The van der Waals surface area contributed by atoms with Gasteiger partial charge in [0.2, 0.25) is 11.8 Å². The fraction of sp³-hybridized carbons (Fsp3) is 0.167. The van der Waals surface area contributed by atoms with Crippen LogP contribution in [0.5, 0.6) is 11.6 Å². The Bertz CT molecular complexity index is 923. The Balaban J connectivity index is 1.69. The molecular formula is C18H15F3N4O2. The monoisotopic (exact) mass is 376 g/mol. The molecule has 0 radical (unpaired) electrons. The molecule has 0 unspecified atom stereocenters. The highest BCUT2D eigenvalue weighted by Gasteiger charge is 2.31. The summed E-state index contributed by atoms with van der Waals surface area (Å²) in [5.74, 6) is 0.769. The number of alkyl halides is 3. The first-order valence-corrected chi connectivity index (χ1v) is 7.92. The van der Waals surface area contributed by atoms with Crippen LogP contribution in [-0.4, -0.2) is 26.6 Å². The second-order valence-corrected chi connectivity index (χ2v) is 5.67. The summed E-state index contributed by atoms with van der Waals surface area (Å²) in [6.45, 7) is 1.74. The number of hydrogen-bond acceptors (Lipinski definition) is 4. The fourth-order valence-electron chi connectivity index (χ4n) is 2.31. The Hall–Kier alpha value is -3.36. The molecule has 0 aliphatic carbocycles. The van der Waals surface area contributed by atoms with E-state index in [9.17, 15) is 18.0 Å². The largest absolute Gasteiger partial charge is 0.439 e. The van der Waals surface area contributed by atoms with E-state index in [-0.39, 0.29) is 5.69 Å². The Kier molecular flexibility index (Phi) is 5.11. The van der Waals surface area contributed by atoms with Gasteiger partial charge in [0.05, 0.1) is 0 Å². The smallest absolute Gasteiger partial charge is 0.397 e. The average molecular weight is 376 g/mol. The molecule has 0 saturated carbocycles. The highest BCUT2D eigenvalue weighted by Crippen LogP contribution is 2.24. The molecule has 0 aliphatic rings. The van der Waals surface area contributed by atoms with Crippen LogP contribution in [0, 0.1) is 6.92 Å². The van der Waals surface area contributed by atoms with E-state index in [0.29, 0.717) is 23.3 Å². The van der Waals surface area contributed by atoms with Crippen molar-refractivity contribution < 1.29 is 22.7 Å². The molecule has 0 atom stereocenters. The van der Waals surface area contributed by atoms with Crippen molar-refractivity contribution in [1.29, 1.82) is 0 Å². The zero-order valence-electron chi connectivity index (χ0n) is 14.2. The number of aromatic nitrogens is 3. The van der Waals surface area contributed by atoms with Crippen LogP contribution in [0.4, 0.5) is 18.9 Å². The maximum atomic E-state index is 12.2. The molecule has 3 rings (SSSR count). The van der Waals surface area contributed by atoms with Gasteiger partial charge in [-0.3, -0.25) is 4.79 Å². The number of ether oxygens (including phenoxy) is 1. The first-order chi connectivity index (χ1) is 12.8. The predicted molar refractivity (Wildman–Crippen MR) is 91.9 cm³/mol. The van der Waals surface area contributed by atoms with Gasteiger partial charge in [-0.25, -0.2) is 4.98 Å². The van der Waals surface area contributed by atoms with E-state index in [0.717, 1.165) is 0 Å². The Morgan fingerprint density at radius 3 is 2.44 bits per heavy atom. The van der Waals surface area contributed by atoms with E-state index >= 15 is 0 Å². The molecule has 1 amide bonds. The zero-order chi connectivity index (χ0) is 19.4. The summed E-state index contributed by atoms with van der Waals surface area (Å²) in [4.78, 5) is 19.8. The third kappa shape index (κ3) is 5.30. The van der Waals surface area contributed by atoms with Crippen molar-refractivity contribution in [3.8, 4) is 17.4 Å². The third-order valence-electron chi connectivity index (χ3n) is 3.39. The Morgan fingerprint density at radius 2 is 1.81 bits per heavy atom. The lowest BCUT2D eigenvalue weighted by Crippen LogP contribution is -2.21. The molecule has 0 bridgehead atoms. The molecule has 0 spiro atoms. The van der Waals surface area contributed by atoms with E-state index in [4.69, 9.17) is 4.74 Å². The van der Waals surface area contributed by atoms with Crippen LogP contribution in [0.1, 0.15) is 12.2 Å². The van der Waals surface area contributed by atoms with Crippen molar-refractivity contribution in [2.24, 2.45) is 0 Å². The molecule has 6 nitrogen and oxygen atoms in total. The van der Waals surface area contributed by atoms with Gasteiger partial charge in [0.1, 0.15) is 23.8 Å². The normalized spacial score (nSPS) is 11.3. The number of carbonyl (C=O) groups is 1. The summed E-state index contributed by atoms with van der Waals surface area (Å²) in [5, 5.41) is 2.18. The number of anilines is 1. The van der Waals surface area contributed by atoms with Gasteiger partial charge in [0.15, 0.2) is 0 Å². The van der Waals surface area contributed by atoms with Crippen LogP contribution in [0.2, 0.25) is 0 Å². The fourth-order valence-corrected chi connectivity index (χ4v) is 2.31. The molecule has 1 aromatic carbocycles. The average Bonchev–Trinajstić information content (AvgIpc) is 3.09. The number of amides is 1. The van der Waals surface area contributed by atoms with Gasteiger partial charge in [-0.2, -0.15) is 18.2 Å². The summed E-state index contributed by atoms with van der Waals surface area (Å²) in [6, 6.07) is 11.3. The van der Waals surface area contributed by atoms with Crippen molar-refractivity contribution in [3.05, 3.63) is 60.7 Å². The SMILES string of the molecule is Cc1nc(Oc2ccc(NC(=O)CC(F)(F)F)cc2)cc(-n2cccc2)n1. The molecule has 2 heterocycles. The minimum Gasteiger partial charge on any atom is -0.439 e. The van der Waals surface area contributed by atoms with Crippen LogP contribution in [0.25, 0.3) is 5.82 Å². The number of carbonyl (C=O) groups excluding carboxylic acids is 1. The van der Waals surface area contributed by atoms with Gasteiger partial charge >= 0.3 is 6.18 Å². The van der Waals surface area contributed by atoms with Gasteiger partial charge in [-0.15, -0.1) is 0 Å². The predicted octanol–water partition coefficient (Wildman–Crippen LogP) is 4.26. The molecule has 9 heteroatoms. The maximum Gasteiger partial charge on any atom is 0.397 e. The summed E-state index contributed by atoms with van der Waals surface area (Å²) >= 11 is 0. The molecule has 1 N–H and O–H groups in total. The van der Waals surface area contributed by atoms with Gasteiger partial charge in [0, 0.05) is 24.1 Å². The van der Waals surface area contributed by atoms with Crippen LogP contribution < -0.4 is 10.1 Å². The molecule has 0 fully saturated rings. The van der Waals surface area contributed by atoms with Crippen LogP contribution in [0.15, 0.2) is 54.9 Å². The standard InChI is InChI=1S/C18H15F3N4O2/c1-12-22-15(25-8-2-3-9-25)10-17(23-12)27-14-6-4-13(5-7-14)24-16(26)11-18(19,20)21/h2-10H,11H2,1H3,(H,24,26). The van der Waals surface area contributed by atoms with Crippen LogP contribution in [-0.2, 0) is 4.79 Å². The van der Waals surface area contributed by atoms with E-state index in [1.165, 1.54) is 24.3 Å². The minimum absolute atomic E-state index is 0.239. The van der Waals surface area contributed by atoms with E-state index in [1.54, 1.807) is 17.6 Å². The lowest BCUT2D eigenvalue weighted by Gasteiger charge is -2.10. The van der Waals surface area contributed by atoms with Crippen molar-refractivity contribution in [2.75, 3.05) is 5.32 Å². The van der Waals surface area contributed by atoms with Crippen LogP contribution >= 0.6 is 0 Å². The van der Waals surface area contributed by atoms with Crippen molar-refractivity contribution >= 4 is 11.6 Å². The molecular weight excluding hydrogens is 361 g/mol. The molecule has 0 aliphatic heterocycles. The number of rotatable bonds is 5. The quantitative estimate of drug-likeness (QED) is 0.722. The van der Waals surface area contributed by atoms with E-state index < -0.39 is 18.5 Å². The highest BCUT2D eigenvalue weighted by molar-refractivity contribution is 5.91. The summed E-state index contributed by atoms with van der Waals surface area (Å²) < 4.78 is 44.1. The van der Waals surface area contributed by atoms with E-state index in [1.807, 2.05) is 24.5 Å². The minimum atomic E-state index is -4.55. The van der Waals surface area contributed by atoms with Crippen molar-refractivity contribution in [3.63, 3.8) is 0 Å². The maximum absolute atomic E-state index is 12.2. The zero-order valence-corrected chi connectivity index (χ0v) is 14.2. The van der Waals surface area contributed by atoms with Crippen molar-refractivity contribution in [2.45, 2.75) is 19.5 Å². The Morgan fingerprint density at radius 1 is 1.15 bits per heavy atom. The van der Waals surface area contributed by atoms with Crippen molar-refractivity contribution in [1.82, 2.24) is 14.5 Å². The molecule has 2 aromatic heterocycles. The lowest BCUT2D eigenvalue weighted by atomic mass is 10.3. The molecule has 27 heavy (non-hydrogen) atoms. The molecule has 3 aromatic rings. The Labute approximate surface area is 152 Å². The van der Waals surface area contributed by atoms with Crippen LogP contribution in [0.3, 0.4) is 0 Å². The number of aryl methyl sites for hydroxylation is 1. The number of halogens is 3. The number of nitrogens with one attached hydrogen (secondary N) is 1. The van der Waals surface area contributed by atoms with E-state index in [2.05, 4.69) is 15.3 Å². The van der Waals surface area contributed by atoms with Gasteiger partial charge in [-0.1, -0.05) is 0 Å². The third-order valence-corrected chi connectivity index (χ3v) is 3.39. The number of hydrogen-bond donors (Lipinski definition) is 1. The highest BCUT2D eigenvalue weighted by atomic mass is 19.4. The van der Waals surface area contributed by atoms with Gasteiger partial charge < -0.3 is 14.6 Å². The summed E-state index contributed by atoms with van der Waals surface area (Å²) in [6.07, 6.45) is -2.41. The van der Waals surface area contributed by atoms with Gasteiger partial charge in [0.25, 0.3) is 0 Å². The summed E-state index contributed by atoms with van der Waals surface area (Å²) in [7, 11) is 0. The molecule has 140 valence electrons. The number of benzene rings is 1. The molecule has 0 saturated heterocycles. The second kappa shape index (κ2) is 7.48. The second-order valence-electron chi connectivity index (χ2n) is 5.67. The lowest BCUT2D eigenvalue weighted by molar-refractivity contribution is -0.150. The van der Waals surface area contributed by atoms with Gasteiger partial charge in [-0.05, 0) is 43.3 Å². The summed E-state index contributed by atoms with van der Waals surface area (Å²) in [5.41, 5.74) is 0.239. The topological polar surface area (TPSA) is 69.0 Å². The number of nitrogens with zero attached hydrogens (tertiary/aromatic N) is 3. The first-order valence-electron chi connectivity index (χ1n) is 7.92. The first kappa shape index (κ1) is 18.4.